The van der Waals surface area contributed by atoms with Gasteiger partial charge >= 0.3 is 0 Å². The molecule has 18 heavy (non-hydrogen) atoms. The lowest BCUT2D eigenvalue weighted by Crippen LogP contribution is -2.22. The Bertz CT molecular complexity index is 481. The summed E-state index contributed by atoms with van der Waals surface area (Å²) in [5.74, 6) is 0. The smallest absolute Gasteiger partial charge is 0.0965 e. The van der Waals surface area contributed by atoms with Crippen LogP contribution in [-0.2, 0) is 12.1 Å². The maximum atomic E-state index is 4.19. The Balaban J connectivity index is 1.93. The van der Waals surface area contributed by atoms with Crippen LogP contribution in [0.25, 0.3) is 0 Å². The molecule has 0 amide bonds. The number of hydrogen-bond acceptors (Lipinski definition) is 4. The third-order valence-electron chi connectivity index (χ3n) is 2.86. The monoisotopic (exact) mass is 264 g/mol. The Kier molecular flexibility index (Phi) is 3.82. The van der Waals surface area contributed by atoms with Crippen molar-refractivity contribution in [3.8, 4) is 0 Å². The Morgan fingerprint density at radius 1 is 1.44 bits per heavy atom. The molecular formula is C13H20N4S. The zero-order valence-electron chi connectivity index (χ0n) is 11.3. The first-order valence-corrected chi connectivity index (χ1v) is 7.08. The Morgan fingerprint density at radius 2 is 2.22 bits per heavy atom. The molecule has 0 saturated carbocycles. The van der Waals surface area contributed by atoms with Crippen LogP contribution < -0.4 is 5.32 Å². The molecule has 0 spiro atoms. The molecule has 2 aromatic rings. The maximum Gasteiger partial charge on any atom is 0.0965 e. The first-order valence-electron chi connectivity index (χ1n) is 6.14. The van der Waals surface area contributed by atoms with E-state index in [2.05, 4.69) is 60.2 Å². The molecule has 0 aliphatic rings. The zero-order chi connectivity index (χ0) is 13.2. The number of thiophene rings is 1. The van der Waals surface area contributed by atoms with Crippen LogP contribution in [0.15, 0.2) is 23.0 Å². The molecular weight excluding hydrogens is 244 g/mol. The molecule has 2 heterocycles. The minimum Gasteiger partial charge on any atom is -0.304 e. The van der Waals surface area contributed by atoms with Crippen LogP contribution >= 0.6 is 11.3 Å². The maximum absolute atomic E-state index is 4.19. The van der Waals surface area contributed by atoms with E-state index >= 15 is 0 Å². The van der Waals surface area contributed by atoms with E-state index < -0.39 is 0 Å². The van der Waals surface area contributed by atoms with Crippen molar-refractivity contribution in [3.05, 3.63) is 34.3 Å². The highest BCUT2D eigenvalue weighted by Gasteiger charge is 2.15. The van der Waals surface area contributed by atoms with Gasteiger partial charge in [0.05, 0.1) is 17.4 Å². The van der Waals surface area contributed by atoms with Crippen molar-refractivity contribution < 1.29 is 0 Å². The van der Waals surface area contributed by atoms with Gasteiger partial charge in [0.2, 0.25) is 0 Å². The van der Waals surface area contributed by atoms with E-state index in [0.29, 0.717) is 6.04 Å². The van der Waals surface area contributed by atoms with Crippen LogP contribution in [0, 0.1) is 0 Å². The van der Waals surface area contributed by atoms with Crippen LogP contribution in [0.1, 0.15) is 45.0 Å². The number of rotatable bonds is 4. The molecule has 2 aromatic heterocycles. The Morgan fingerprint density at radius 3 is 2.78 bits per heavy atom. The number of aromatic nitrogens is 3. The molecule has 4 nitrogen and oxygen atoms in total. The fourth-order valence-corrected chi connectivity index (χ4v) is 2.36. The van der Waals surface area contributed by atoms with Gasteiger partial charge in [-0.3, -0.25) is 0 Å². The van der Waals surface area contributed by atoms with Crippen molar-refractivity contribution >= 4 is 11.3 Å². The molecule has 0 fully saturated rings. The van der Waals surface area contributed by atoms with Crippen molar-refractivity contribution in [1.82, 2.24) is 20.3 Å². The van der Waals surface area contributed by atoms with E-state index in [1.165, 1.54) is 5.56 Å². The summed E-state index contributed by atoms with van der Waals surface area (Å²) in [6, 6.07) is 2.49. The fourth-order valence-electron chi connectivity index (χ4n) is 1.60. The van der Waals surface area contributed by atoms with Crippen molar-refractivity contribution in [2.24, 2.45) is 0 Å². The predicted octanol–water partition coefficient (Wildman–Crippen LogP) is 2.95. The lowest BCUT2D eigenvalue weighted by atomic mass is 10.1. The highest BCUT2D eigenvalue weighted by Crippen LogP contribution is 2.16. The zero-order valence-corrected chi connectivity index (χ0v) is 12.2. The second-order valence-corrected chi connectivity index (χ2v) is 6.26. The van der Waals surface area contributed by atoms with E-state index in [-0.39, 0.29) is 5.54 Å². The van der Waals surface area contributed by atoms with E-state index in [1.54, 1.807) is 11.3 Å². The highest BCUT2D eigenvalue weighted by molar-refractivity contribution is 7.07. The van der Waals surface area contributed by atoms with Gasteiger partial charge in [0, 0.05) is 12.6 Å². The molecule has 0 saturated heterocycles. The molecule has 0 bridgehead atoms. The summed E-state index contributed by atoms with van der Waals surface area (Å²) >= 11 is 1.72. The van der Waals surface area contributed by atoms with E-state index in [1.807, 2.05) is 10.9 Å². The lowest BCUT2D eigenvalue weighted by molar-refractivity contribution is 0.347. The summed E-state index contributed by atoms with van der Waals surface area (Å²) < 4.78 is 1.90. The van der Waals surface area contributed by atoms with Crippen molar-refractivity contribution in [2.45, 2.75) is 45.8 Å². The van der Waals surface area contributed by atoms with Crippen molar-refractivity contribution in [3.63, 3.8) is 0 Å². The van der Waals surface area contributed by atoms with Crippen LogP contribution in [0.3, 0.4) is 0 Å². The normalized spacial score (nSPS) is 13.8. The molecule has 0 aromatic carbocycles. The molecule has 5 heteroatoms. The number of nitrogens with one attached hydrogen (secondary N) is 1. The summed E-state index contributed by atoms with van der Waals surface area (Å²) in [6.07, 6.45) is 2.01. The summed E-state index contributed by atoms with van der Waals surface area (Å²) in [6.45, 7) is 9.26. The first kappa shape index (κ1) is 13.2. The summed E-state index contributed by atoms with van der Waals surface area (Å²) in [5.41, 5.74) is 2.29. The SMILES string of the molecule is CC(NCc1cn(C(C)(C)C)nn1)c1ccsc1. The van der Waals surface area contributed by atoms with Gasteiger partial charge in [0.1, 0.15) is 0 Å². The topological polar surface area (TPSA) is 42.7 Å². The largest absolute Gasteiger partial charge is 0.304 e. The van der Waals surface area contributed by atoms with Gasteiger partial charge in [-0.1, -0.05) is 5.21 Å². The van der Waals surface area contributed by atoms with Gasteiger partial charge in [-0.15, -0.1) is 5.10 Å². The molecule has 1 N–H and O–H groups in total. The molecule has 0 aliphatic heterocycles. The predicted molar refractivity (Wildman–Crippen MR) is 74.6 cm³/mol. The molecule has 1 unspecified atom stereocenters. The second-order valence-electron chi connectivity index (χ2n) is 5.48. The molecule has 2 rings (SSSR count). The lowest BCUT2D eigenvalue weighted by Gasteiger charge is -2.17. The minimum absolute atomic E-state index is 0.00970. The van der Waals surface area contributed by atoms with Crippen molar-refractivity contribution in [2.75, 3.05) is 0 Å². The molecule has 0 aliphatic carbocycles. The minimum atomic E-state index is -0.00970. The third kappa shape index (κ3) is 3.17. The average Bonchev–Trinajstić information content (AvgIpc) is 2.96. The van der Waals surface area contributed by atoms with Gasteiger partial charge in [-0.2, -0.15) is 11.3 Å². The standard InChI is InChI=1S/C13H20N4S/c1-10(11-5-6-18-9-11)14-7-12-8-17(16-15-12)13(2,3)4/h5-6,8-10,14H,7H2,1-4H3. The second kappa shape index (κ2) is 5.20. The number of nitrogens with zero attached hydrogens (tertiary/aromatic N) is 3. The molecule has 0 radical (unpaired) electrons. The Hall–Kier alpha value is -1.20. The Labute approximate surface area is 112 Å². The van der Waals surface area contributed by atoms with Gasteiger partial charge in [0.15, 0.2) is 0 Å². The van der Waals surface area contributed by atoms with Gasteiger partial charge < -0.3 is 5.32 Å². The van der Waals surface area contributed by atoms with Gasteiger partial charge in [0.25, 0.3) is 0 Å². The van der Waals surface area contributed by atoms with Crippen molar-refractivity contribution in [1.29, 1.82) is 0 Å². The van der Waals surface area contributed by atoms with E-state index in [4.69, 9.17) is 0 Å². The summed E-state index contributed by atoms with van der Waals surface area (Å²) in [5, 5.41) is 16.1. The summed E-state index contributed by atoms with van der Waals surface area (Å²) in [7, 11) is 0. The number of hydrogen-bond donors (Lipinski definition) is 1. The average molecular weight is 264 g/mol. The van der Waals surface area contributed by atoms with Gasteiger partial charge in [-0.25, -0.2) is 4.68 Å². The molecule has 1 atom stereocenters. The highest BCUT2D eigenvalue weighted by atomic mass is 32.1. The summed E-state index contributed by atoms with van der Waals surface area (Å²) in [4.78, 5) is 0. The van der Waals surface area contributed by atoms with E-state index in [9.17, 15) is 0 Å². The molecule has 98 valence electrons. The van der Waals surface area contributed by atoms with Crippen LogP contribution in [0.4, 0.5) is 0 Å². The van der Waals surface area contributed by atoms with Crippen LogP contribution in [0.5, 0.6) is 0 Å². The quantitative estimate of drug-likeness (QED) is 0.923. The fraction of sp³-hybridized carbons (Fsp3) is 0.538. The first-order chi connectivity index (χ1) is 8.47. The van der Waals surface area contributed by atoms with E-state index in [0.717, 1.165) is 12.2 Å². The van der Waals surface area contributed by atoms with Crippen LogP contribution in [-0.4, -0.2) is 15.0 Å². The van der Waals surface area contributed by atoms with Gasteiger partial charge in [-0.05, 0) is 50.1 Å². The van der Waals surface area contributed by atoms with Crippen LogP contribution in [0.2, 0.25) is 0 Å². The third-order valence-corrected chi connectivity index (χ3v) is 3.56.